The number of aromatic nitrogens is 2. The van der Waals surface area contributed by atoms with Gasteiger partial charge in [0.2, 0.25) is 17.6 Å². The van der Waals surface area contributed by atoms with E-state index in [0.717, 1.165) is 0 Å². The zero-order valence-corrected chi connectivity index (χ0v) is 14.9. The van der Waals surface area contributed by atoms with E-state index >= 15 is 0 Å². The minimum absolute atomic E-state index is 0.119. The molecule has 144 valence electrons. The molecule has 9 heteroatoms. The molecule has 1 aromatic carbocycles. The van der Waals surface area contributed by atoms with Gasteiger partial charge in [-0.1, -0.05) is 5.16 Å². The summed E-state index contributed by atoms with van der Waals surface area (Å²) in [4.78, 5) is 29.0. The first-order valence-electron chi connectivity index (χ1n) is 8.62. The molecule has 0 bridgehead atoms. The van der Waals surface area contributed by atoms with Gasteiger partial charge in [0, 0.05) is 31.5 Å². The molecular weight excluding hydrogens is 357 g/mol. The number of benzene rings is 1. The van der Waals surface area contributed by atoms with Gasteiger partial charge in [-0.2, -0.15) is 4.98 Å². The summed E-state index contributed by atoms with van der Waals surface area (Å²) < 4.78 is 23.9. The molecule has 0 saturated carbocycles. The van der Waals surface area contributed by atoms with Crippen molar-refractivity contribution >= 4 is 11.9 Å². The first kappa shape index (κ1) is 19.0. The molecule has 1 fully saturated rings. The predicted molar refractivity (Wildman–Crippen MR) is 91.3 cm³/mol. The number of halogens is 1. The van der Waals surface area contributed by atoms with E-state index in [1.54, 1.807) is 24.0 Å². The highest BCUT2D eigenvalue weighted by Crippen LogP contribution is 2.19. The summed E-state index contributed by atoms with van der Waals surface area (Å²) in [5.74, 6) is -0.723. The molecule has 2 aromatic rings. The molecule has 8 nitrogen and oxygen atoms in total. The minimum atomic E-state index is -0.955. The van der Waals surface area contributed by atoms with Crippen molar-refractivity contribution in [3.05, 3.63) is 35.5 Å². The Hall–Kier alpha value is -2.81. The van der Waals surface area contributed by atoms with Gasteiger partial charge in [-0.05, 0) is 30.7 Å². The Kier molecular flexibility index (Phi) is 5.80. The van der Waals surface area contributed by atoms with E-state index < -0.39 is 12.1 Å². The lowest BCUT2D eigenvalue weighted by atomic mass is 10.1. The first-order valence-corrected chi connectivity index (χ1v) is 8.62. The van der Waals surface area contributed by atoms with Gasteiger partial charge in [-0.3, -0.25) is 9.59 Å². The zero-order valence-electron chi connectivity index (χ0n) is 14.9. The molecule has 1 aromatic heterocycles. The Balaban J connectivity index is 1.55. The summed E-state index contributed by atoms with van der Waals surface area (Å²) >= 11 is 0. The van der Waals surface area contributed by atoms with E-state index in [0.29, 0.717) is 36.0 Å². The number of carbonyl (C=O) groups is 2. The van der Waals surface area contributed by atoms with Crippen molar-refractivity contribution in [2.75, 3.05) is 19.7 Å². The third-order valence-corrected chi connectivity index (χ3v) is 4.33. The van der Waals surface area contributed by atoms with Crippen molar-refractivity contribution in [2.24, 2.45) is 0 Å². The van der Waals surface area contributed by atoms with Gasteiger partial charge in [0.1, 0.15) is 5.82 Å². The summed E-state index contributed by atoms with van der Waals surface area (Å²) in [6.07, 6.45) is -0.179. The fourth-order valence-corrected chi connectivity index (χ4v) is 2.89. The summed E-state index contributed by atoms with van der Waals surface area (Å²) in [5.41, 5.74) is 1.12. The number of aryl methyl sites for hydroxylation is 2. The van der Waals surface area contributed by atoms with Crippen LogP contribution in [0.1, 0.15) is 24.3 Å². The second-order valence-electron chi connectivity index (χ2n) is 6.41. The molecule has 0 spiro atoms. The number of ether oxygens (including phenoxy) is 1. The van der Waals surface area contributed by atoms with Crippen LogP contribution in [0.2, 0.25) is 0 Å². The average molecular weight is 377 g/mol. The number of aliphatic carboxylic acids is 1. The van der Waals surface area contributed by atoms with Crippen LogP contribution in [-0.2, 0) is 20.7 Å². The Labute approximate surface area is 154 Å². The quantitative estimate of drug-likeness (QED) is 0.818. The maximum atomic E-state index is 13.4. The van der Waals surface area contributed by atoms with Crippen LogP contribution in [0.15, 0.2) is 22.7 Å². The van der Waals surface area contributed by atoms with Gasteiger partial charge in [-0.15, -0.1) is 0 Å². The van der Waals surface area contributed by atoms with Gasteiger partial charge in [0.15, 0.2) is 0 Å². The van der Waals surface area contributed by atoms with Gasteiger partial charge in [0.05, 0.1) is 19.1 Å². The highest BCUT2D eigenvalue weighted by atomic mass is 19.1. The number of rotatable bonds is 6. The van der Waals surface area contributed by atoms with Crippen LogP contribution in [-0.4, -0.2) is 57.8 Å². The summed E-state index contributed by atoms with van der Waals surface area (Å²) in [5, 5.41) is 12.7. The molecule has 1 aliphatic rings. The van der Waals surface area contributed by atoms with Crippen LogP contribution in [0.25, 0.3) is 11.4 Å². The second-order valence-corrected chi connectivity index (χ2v) is 6.41. The van der Waals surface area contributed by atoms with Gasteiger partial charge >= 0.3 is 5.97 Å². The van der Waals surface area contributed by atoms with Crippen molar-refractivity contribution in [1.82, 2.24) is 15.0 Å². The largest absolute Gasteiger partial charge is 0.481 e. The lowest BCUT2D eigenvalue weighted by Gasteiger charge is -2.32. The lowest BCUT2D eigenvalue weighted by Crippen LogP contribution is -2.46. The van der Waals surface area contributed by atoms with Crippen molar-refractivity contribution in [3.63, 3.8) is 0 Å². The van der Waals surface area contributed by atoms with Gasteiger partial charge in [0.25, 0.3) is 0 Å². The number of carboxylic acids is 1. The van der Waals surface area contributed by atoms with E-state index in [9.17, 15) is 14.0 Å². The Bertz CT molecular complexity index is 838. The molecule has 1 atom stereocenters. The smallest absolute Gasteiger partial charge is 0.306 e. The van der Waals surface area contributed by atoms with Crippen molar-refractivity contribution in [2.45, 2.75) is 32.3 Å². The van der Waals surface area contributed by atoms with Crippen molar-refractivity contribution in [3.8, 4) is 11.4 Å². The lowest BCUT2D eigenvalue weighted by molar-refractivity contribution is -0.147. The van der Waals surface area contributed by atoms with E-state index in [1.165, 1.54) is 6.07 Å². The van der Waals surface area contributed by atoms with Crippen LogP contribution in [0, 0.1) is 12.7 Å². The molecule has 1 N–H and O–H groups in total. The fourth-order valence-electron chi connectivity index (χ4n) is 2.89. The van der Waals surface area contributed by atoms with Gasteiger partial charge in [-0.25, -0.2) is 4.39 Å². The standard InChI is InChI=1S/C18H20FN3O5/c1-11-8-12(2-3-14(11)19)18-20-15(27-21-18)4-5-16(23)22-6-7-26-13(10-22)9-17(24)25/h2-3,8,13H,4-7,9-10H2,1H3,(H,24,25)/t13-/m1/s1. The Morgan fingerprint density at radius 3 is 2.96 bits per heavy atom. The Morgan fingerprint density at radius 1 is 1.41 bits per heavy atom. The van der Waals surface area contributed by atoms with Crippen LogP contribution in [0.4, 0.5) is 4.39 Å². The van der Waals surface area contributed by atoms with Crippen LogP contribution in [0.3, 0.4) is 0 Å². The van der Waals surface area contributed by atoms with Gasteiger partial charge < -0.3 is 19.3 Å². The molecule has 2 heterocycles. The van der Waals surface area contributed by atoms with Crippen LogP contribution >= 0.6 is 0 Å². The van der Waals surface area contributed by atoms with E-state index in [1.807, 2.05) is 0 Å². The number of morpholine rings is 1. The molecule has 1 saturated heterocycles. The van der Waals surface area contributed by atoms with E-state index in [-0.39, 0.29) is 37.5 Å². The maximum Gasteiger partial charge on any atom is 0.306 e. The first-order chi connectivity index (χ1) is 12.9. The summed E-state index contributed by atoms with van der Waals surface area (Å²) in [6, 6.07) is 4.54. The summed E-state index contributed by atoms with van der Waals surface area (Å²) in [7, 11) is 0. The summed E-state index contributed by atoms with van der Waals surface area (Å²) in [6.45, 7) is 2.66. The third kappa shape index (κ3) is 4.88. The van der Waals surface area contributed by atoms with Crippen LogP contribution in [0.5, 0.6) is 0 Å². The molecule has 0 unspecified atom stereocenters. The monoisotopic (exact) mass is 377 g/mol. The SMILES string of the molecule is Cc1cc(-c2noc(CCC(=O)N3CCO[C@H](CC(=O)O)C3)n2)ccc1F. The topological polar surface area (TPSA) is 106 Å². The maximum absolute atomic E-state index is 13.4. The molecule has 3 rings (SSSR count). The number of amides is 1. The third-order valence-electron chi connectivity index (χ3n) is 4.33. The Morgan fingerprint density at radius 2 is 2.22 bits per heavy atom. The molecular formula is C18H20FN3O5. The van der Waals surface area contributed by atoms with E-state index in [4.69, 9.17) is 14.4 Å². The number of carbonyl (C=O) groups excluding carboxylic acids is 1. The van der Waals surface area contributed by atoms with Crippen molar-refractivity contribution < 1.29 is 28.3 Å². The molecule has 27 heavy (non-hydrogen) atoms. The second kappa shape index (κ2) is 8.26. The van der Waals surface area contributed by atoms with Crippen molar-refractivity contribution in [1.29, 1.82) is 0 Å². The molecule has 1 aliphatic heterocycles. The number of hydrogen-bond donors (Lipinski definition) is 1. The molecule has 1 amide bonds. The highest BCUT2D eigenvalue weighted by molar-refractivity contribution is 5.76. The molecule has 0 radical (unpaired) electrons. The highest BCUT2D eigenvalue weighted by Gasteiger charge is 2.26. The number of nitrogens with zero attached hydrogens (tertiary/aromatic N) is 3. The zero-order chi connectivity index (χ0) is 19.4. The normalized spacial score (nSPS) is 17.1. The number of carboxylic acid groups (broad SMARTS) is 1. The predicted octanol–water partition coefficient (Wildman–Crippen LogP) is 1.82. The van der Waals surface area contributed by atoms with Crippen LogP contribution < -0.4 is 0 Å². The average Bonchev–Trinajstić information content (AvgIpc) is 3.10. The van der Waals surface area contributed by atoms with E-state index in [2.05, 4.69) is 10.1 Å². The number of hydrogen-bond acceptors (Lipinski definition) is 6. The fraction of sp³-hybridized carbons (Fsp3) is 0.444. The minimum Gasteiger partial charge on any atom is -0.481 e. The molecule has 0 aliphatic carbocycles.